The van der Waals surface area contributed by atoms with E-state index in [9.17, 15) is 0 Å². The minimum absolute atomic E-state index is 0.712. The summed E-state index contributed by atoms with van der Waals surface area (Å²) < 4.78 is 0. The Balaban J connectivity index is 1.94. The molecule has 0 aliphatic carbocycles. The minimum Gasteiger partial charge on any atom is -0.314 e. The average Bonchev–Trinajstić information content (AvgIpc) is 2.53. The topological polar surface area (TPSA) is 15.3 Å². The lowest BCUT2D eigenvalue weighted by atomic mass is 10.1. The summed E-state index contributed by atoms with van der Waals surface area (Å²) in [5.74, 6) is 0.801. The Morgan fingerprint density at radius 1 is 1.42 bits per heavy atom. The van der Waals surface area contributed by atoms with Gasteiger partial charge in [0.2, 0.25) is 0 Å². The van der Waals surface area contributed by atoms with Gasteiger partial charge < -0.3 is 5.32 Å². The van der Waals surface area contributed by atoms with E-state index in [2.05, 4.69) is 10.2 Å². The molecule has 2 atom stereocenters. The predicted octanol–water partition coefficient (Wildman–Crippen LogP) is 1.05. The van der Waals surface area contributed by atoms with Gasteiger partial charge in [-0.1, -0.05) is 0 Å². The van der Waals surface area contributed by atoms with Gasteiger partial charge in [0.05, 0.1) is 0 Å². The molecule has 2 nitrogen and oxygen atoms in total. The van der Waals surface area contributed by atoms with E-state index in [0.717, 1.165) is 24.9 Å². The summed E-state index contributed by atoms with van der Waals surface area (Å²) in [5.41, 5.74) is 0. The highest BCUT2D eigenvalue weighted by Gasteiger charge is 2.32. The van der Waals surface area contributed by atoms with Gasteiger partial charge in [-0.25, -0.2) is 0 Å². The van der Waals surface area contributed by atoms with Gasteiger partial charge in [-0.3, -0.25) is 4.90 Å². The number of rotatable bonds is 2. The summed E-state index contributed by atoms with van der Waals surface area (Å²) in [6.07, 6.45) is 3.90. The van der Waals surface area contributed by atoms with Gasteiger partial charge in [-0.05, 0) is 25.8 Å². The van der Waals surface area contributed by atoms with Crippen molar-refractivity contribution in [3.8, 4) is 0 Å². The first-order valence-electron chi connectivity index (χ1n) is 4.94. The number of halogens is 1. The van der Waals surface area contributed by atoms with Gasteiger partial charge >= 0.3 is 0 Å². The smallest absolute Gasteiger partial charge is 0.0238 e. The first kappa shape index (κ1) is 8.79. The maximum Gasteiger partial charge on any atom is 0.0238 e. The molecule has 0 amide bonds. The van der Waals surface area contributed by atoms with E-state index >= 15 is 0 Å². The zero-order valence-electron chi connectivity index (χ0n) is 7.43. The van der Waals surface area contributed by atoms with Crippen LogP contribution in [0.2, 0.25) is 0 Å². The van der Waals surface area contributed by atoms with Crippen LogP contribution in [-0.2, 0) is 0 Å². The normalized spacial score (nSPS) is 36.8. The quantitative estimate of drug-likeness (QED) is 0.652. The van der Waals surface area contributed by atoms with Gasteiger partial charge in [-0.15, -0.1) is 11.6 Å². The molecule has 12 heavy (non-hydrogen) atoms. The number of nitrogens with zero attached hydrogens (tertiary/aromatic N) is 1. The van der Waals surface area contributed by atoms with Crippen molar-refractivity contribution in [1.82, 2.24) is 10.2 Å². The first-order valence-corrected chi connectivity index (χ1v) is 5.47. The fourth-order valence-electron chi connectivity index (χ4n) is 2.49. The Kier molecular flexibility index (Phi) is 2.89. The molecule has 2 rings (SSSR count). The van der Waals surface area contributed by atoms with Crippen molar-refractivity contribution in [3.05, 3.63) is 0 Å². The van der Waals surface area contributed by atoms with Crippen molar-refractivity contribution in [3.63, 3.8) is 0 Å². The zero-order chi connectivity index (χ0) is 8.39. The zero-order valence-corrected chi connectivity index (χ0v) is 8.19. The van der Waals surface area contributed by atoms with E-state index in [1.54, 1.807) is 0 Å². The maximum atomic E-state index is 5.77. The van der Waals surface area contributed by atoms with E-state index in [1.165, 1.54) is 25.9 Å². The molecule has 2 aliphatic heterocycles. The summed E-state index contributed by atoms with van der Waals surface area (Å²) in [5, 5.41) is 3.49. The summed E-state index contributed by atoms with van der Waals surface area (Å²) in [4.78, 5) is 2.65. The van der Waals surface area contributed by atoms with Gasteiger partial charge in [-0.2, -0.15) is 0 Å². The van der Waals surface area contributed by atoms with Crippen molar-refractivity contribution in [2.24, 2.45) is 0 Å². The fourth-order valence-corrected chi connectivity index (χ4v) is 2.74. The molecule has 0 spiro atoms. The van der Waals surface area contributed by atoms with Gasteiger partial charge in [0.25, 0.3) is 0 Å². The van der Waals surface area contributed by atoms with E-state index in [0.29, 0.717) is 6.04 Å². The first-order chi connectivity index (χ1) is 5.92. The second kappa shape index (κ2) is 3.95. The van der Waals surface area contributed by atoms with Crippen LogP contribution in [0, 0.1) is 0 Å². The Labute approximate surface area is 79.3 Å². The molecule has 70 valence electrons. The standard InChI is InChI=1S/C9H17ClN2/c10-4-3-9-7-11-6-8-2-1-5-12(8)9/h8-9,11H,1-7H2. The van der Waals surface area contributed by atoms with Crippen molar-refractivity contribution < 1.29 is 0 Å². The van der Waals surface area contributed by atoms with Gasteiger partial charge in [0.15, 0.2) is 0 Å². The molecule has 2 fully saturated rings. The lowest BCUT2D eigenvalue weighted by Gasteiger charge is -2.38. The summed E-state index contributed by atoms with van der Waals surface area (Å²) >= 11 is 5.77. The molecule has 0 aromatic carbocycles. The molecule has 0 radical (unpaired) electrons. The van der Waals surface area contributed by atoms with E-state index in [-0.39, 0.29) is 0 Å². The third kappa shape index (κ3) is 1.61. The highest BCUT2D eigenvalue weighted by atomic mass is 35.5. The Hall–Kier alpha value is 0.210. The van der Waals surface area contributed by atoms with Crippen LogP contribution in [0.1, 0.15) is 19.3 Å². The van der Waals surface area contributed by atoms with E-state index < -0.39 is 0 Å². The monoisotopic (exact) mass is 188 g/mol. The summed E-state index contributed by atoms with van der Waals surface area (Å²) in [7, 11) is 0. The van der Waals surface area contributed by atoms with Crippen LogP contribution in [0.15, 0.2) is 0 Å². The molecule has 2 aliphatic rings. The van der Waals surface area contributed by atoms with Crippen molar-refractivity contribution >= 4 is 11.6 Å². The second-order valence-electron chi connectivity index (χ2n) is 3.82. The SMILES string of the molecule is ClCCC1CNCC2CCCN12. The molecule has 2 saturated heterocycles. The molecule has 0 aromatic rings. The summed E-state index contributed by atoms with van der Waals surface area (Å²) in [6.45, 7) is 3.63. The summed E-state index contributed by atoms with van der Waals surface area (Å²) in [6, 6.07) is 1.52. The number of alkyl halides is 1. The van der Waals surface area contributed by atoms with Crippen LogP contribution < -0.4 is 5.32 Å². The number of piperazine rings is 1. The highest BCUT2D eigenvalue weighted by molar-refractivity contribution is 6.17. The third-order valence-electron chi connectivity index (χ3n) is 3.09. The highest BCUT2D eigenvalue weighted by Crippen LogP contribution is 2.23. The fraction of sp³-hybridized carbons (Fsp3) is 1.00. The number of hydrogen-bond donors (Lipinski definition) is 1. The van der Waals surface area contributed by atoms with Crippen molar-refractivity contribution in [2.45, 2.75) is 31.3 Å². The van der Waals surface area contributed by atoms with E-state index in [4.69, 9.17) is 11.6 Å². The van der Waals surface area contributed by atoms with Crippen LogP contribution >= 0.6 is 11.6 Å². The second-order valence-corrected chi connectivity index (χ2v) is 4.20. The molecule has 3 heteroatoms. The van der Waals surface area contributed by atoms with Gasteiger partial charge in [0, 0.05) is 31.1 Å². The van der Waals surface area contributed by atoms with Crippen LogP contribution in [0.3, 0.4) is 0 Å². The molecule has 2 heterocycles. The minimum atomic E-state index is 0.712. The van der Waals surface area contributed by atoms with Crippen molar-refractivity contribution in [2.75, 3.05) is 25.5 Å². The van der Waals surface area contributed by atoms with Crippen molar-refractivity contribution in [1.29, 1.82) is 0 Å². The number of nitrogens with one attached hydrogen (secondary N) is 1. The van der Waals surface area contributed by atoms with Crippen LogP contribution in [0.25, 0.3) is 0 Å². The molecule has 0 saturated carbocycles. The van der Waals surface area contributed by atoms with E-state index in [1.807, 2.05) is 0 Å². The van der Waals surface area contributed by atoms with Crippen LogP contribution in [0.4, 0.5) is 0 Å². The molecule has 2 unspecified atom stereocenters. The number of fused-ring (bicyclic) bond motifs is 1. The maximum absolute atomic E-state index is 5.77. The molecule has 0 bridgehead atoms. The third-order valence-corrected chi connectivity index (χ3v) is 3.31. The largest absolute Gasteiger partial charge is 0.314 e. The molecule has 1 N–H and O–H groups in total. The lowest BCUT2D eigenvalue weighted by molar-refractivity contribution is 0.135. The van der Waals surface area contributed by atoms with Gasteiger partial charge in [0.1, 0.15) is 0 Å². The van der Waals surface area contributed by atoms with Crippen LogP contribution in [0.5, 0.6) is 0 Å². The Morgan fingerprint density at radius 2 is 2.33 bits per heavy atom. The predicted molar refractivity (Wildman–Crippen MR) is 51.7 cm³/mol. The Morgan fingerprint density at radius 3 is 3.17 bits per heavy atom. The molecular formula is C9H17ClN2. The Bertz CT molecular complexity index is 149. The molecule has 0 aromatic heterocycles. The van der Waals surface area contributed by atoms with Crippen LogP contribution in [-0.4, -0.2) is 42.5 Å². The average molecular weight is 189 g/mol. The number of hydrogen-bond acceptors (Lipinski definition) is 2. The lowest BCUT2D eigenvalue weighted by Crippen LogP contribution is -2.54. The molecular weight excluding hydrogens is 172 g/mol.